The molecule has 0 N–H and O–H groups in total. The lowest BCUT2D eigenvalue weighted by molar-refractivity contribution is 0.0385. The van der Waals surface area contributed by atoms with Gasteiger partial charge in [-0.05, 0) is 24.0 Å². The number of hydrogen-bond acceptors (Lipinski definition) is 5. The Kier molecular flexibility index (Phi) is 3.82. The molecular formula is C10H14N2O2S. The third kappa shape index (κ3) is 3.09. The molecule has 1 saturated heterocycles. The van der Waals surface area contributed by atoms with E-state index in [9.17, 15) is 4.79 Å². The summed E-state index contributed by atoms with van der Waals surface area (Å²) in [6, 6.07) is 1.87. The Morgan fingerprint density at radius 1 is 1.53 bits per heavy atom. The van der Waals surface area contributed by atoms with E-state index in [0.29, 0.717) is 5.69 Å². The van der Waals surface area contributed by atoms with Crippen molar-refractivity contribution in [1.82, 2.24) is 9.27 Å². The van der Waals surface area contributed by atoms with Gasteiger partial charge in [0.1, 0.15) is 5.69 Å². The Morgan fingerprint density at radius 3 is 3.00 bits per heavy atom. The molecule has 4 nitrogen and oxygen atoms in total. The van der Waals surface area contributed by atoms with Crippen molar-refractivity contribution in [2.75, 3.05) is 32.8 Å². The molecule has 0 atom stereocenters. The van der Waals surface area contributed by atoms with E-state index < -0.39 is 0 Å². The normalized spacial score (nSPS) is 17.9. The van der Waals surface area contributed by atoms with Crippen molar-refractivity contribution in [3.8, 4) is 0 Å². The second-order valence-corrected chi connectivity index (χ2v) is 4.43. The molecular weight excluding hydrogens is 212 g/mol. The van der Waals surface area contributed by atoms with E-state index in [1.54, 1.807) is 0 Å². The second-order valence-electron chi connectivity index (χ2n) is 3.54. The molecule has 1 aliphatic heterocycles. The first-order valence-corrected chi connectivity index (χ1v) is 5.87. The minimum atomic E-state index is 0.553. The Morgan fingerprint density at radius 2 is 2.33 bits per heavy atom. The van der Waals surface area contributed by atoms with Gasteiger partial charge in [-0.3, -0.25) is 9.69 Å². The number of morpholine rings is 1. The minimum absolute atomic E-state index is 0.553. The standard InChI is InChI=1S/C10H14N2O2S/c13-8-9-7-10(15-11-9)1-2-12-3-5-14-6-4-12/h7-8H,1-6H2. The van der Waals surface area contributed by atoms with Crippen LogP contribution in [-0.4, -0.2) is 48.4 Å². The number of aromatic nitrogens is 1. The zero-order chi connectivity index (χ0) is 10.5. The molecule has 0 bridgehead atoms. The van der Waals surface area contributed by atoms with Gasteiger partial charge in [0.15, 0.2) is 6.29 Å². The van der Waals surface area contributed by atoms with Crippen LogP contribution in [0.4, 0.5) is 0 Å². The highest BCUT2D eigenvalue weighted by atomic mass is 32.1. The molecule has 15 heavy (non-hydrogen) atoms. The summed E-state index contributed by atoms with van der Waals surface area (Å²) in [7, 11) is 0. The summed E-state index contributed by atoms with van der Waals surface area (Å²) in [4.78, 5) is 14.0. The molecule has 2 rings (SSSR count). The predicted octanol–water partition coefficient (Wildman–Crippen LogP) is 0.830. The zero-order valence-corrected chi connectivity index (χ0v) is 9.33. The van der Waals surface area contributed by atoms with Gasteiger partial charge in [-0.2, -0.15) is 4.37 Å². The van der Waals surface area contributed by atoms with E-state index in [2.05, 4.69) is 9.27 Å². The fraction of sp³-hybridized carbons (Fsp3) is 0.600. The van der Waals surface area contributed by atoms with Gasteiger partial charge in [-0.15, -0.1) is 0 Å². The largest absolute Gasteiger partial charge is 0.379 e. The maximum Gasteiger partial charge on any atom is 0.169 e. The molecule has 1 aromatic heterocycles. The van der Waals surface area contributed by atoms with Crippen LogP contribution in [0.25, 0.3) is 0 Å². The molecule has 0 amide bonds. The monoisotopic (exact) mass is 226 g/mol. The van der Waals surface area contributed by atoms with Crippen LogP contribution in [0, 0.1) is 0 Å². The Bertz CT molecular complexity index is 321. The quantitative estimate of drug-likeness (QED) is 0.713. The number of aldehydes is 1. The van der Waals surface area contributed by atoms with Crippen LogP contribution in [0.2, 0.25) is 0 Å². The first-order valence-electron chi connectivity index (χ1n) is 5.09. The zero-order valence-electron chi connectivity index (χ0n) is 8.52. The fourth-order valence-corrected chi connectivity index (χ4v) is 2.27. The van der Waals surface area contributed by atoms with E-state index in [-0.39, 0.29) is 0 Å². The van der Waals surface area contributed by atoms with Crippen LogP contribution in [0.1, 0.15) is 15.4 Å². The SMILES string of the molecule is O=Cc1cc(CCN2CCOCC2)sn1. The van der Waals surface area contributed by atoms with Crippen molar-refractivity contribution in [3.63, 3.8) is 0 Å². The van der Waals surface area contributed by atoms with Crippen LogP contribution in [0.3, 0.4) is 0 Å². The molecule has 0 unspecified atom stereocenters. The van der Waals surface area contributed by atoms with Gasteiger partial charge < -0.3 is 4.74 Å². The highest BCUT2D eigenvalue weighted by Gasteiger charge is 2.10. The Labute approximate surface area is 93.0 Å². The molecule has 0 aliphatic carbocycles. The number of ether oxygens (including phenoxy) is 1. The third-order valence-corrected chi connectivity index (χ3v) is 3.33. The van der Waals surface area contributed by atoms with E-state index >= 15 is 0 Å². The van der Waals surface area contributed by atoms with Gasteiger partial charge in [0.05, 0.1) is 13.2 Å². The highest BCUT2D eigenvalue weighted by molar-refractivity contribution is 7.05. The topological polar surface area (TPSA) is 42.4 Å². The van der Waals surface area contributed by atoms with Crippen molar-refractivity contribution >= 4 is 17.8 Å². The summed E-state index contributed by atoms with van der Waals surface area (Å²) in [6.45, 7) is 4.73. The summed E-state index contributed by atoms with van der Waals surface area (Å²) in [5.41, 5.74) is 0.553. The third-order valence-electron chi connectivity index (χ3n) is 2.48. The van der Waals surface area contributed by atoms with Crippen molar-refractivity contribution in [1.29, 1.82) is 0 Å². The molecule has 82 valence electrons. The second kappa shape index (κ2) is 5.34. The molecule has 0 saturated carbocycles. The smallest absolute Gasteiger partial charge is 0.169 e. The van der Waals surface area contributed by atoms with Crippen molar-refractivity contribution in [2.45, 2.75) is 6.42 Å². The number of carbonyl (C=O) groups is 1. The van der Waals surface area contributed by atoms with Gasteiger partial charge >= 0.3 is 0 Å². The molecule has 1 fully saturated rings. The number of nitrogens with zero attached hydrogens (tertiary/aromatic N) is 2. The maximum absolute atomic E-state index is 10.4. The predicted molar refractivity (Wildman–Crippen MR) is 58.5 cm³/mol. The maximum atomic E-state index is 10.4. The molecule has 1 aliphatic rings. The van der Waals surface area contributed by atoms with Crippen LogP contribution in [-0.2, 0) is 11.2 Å². The van der Waals surface area contributed by atoms with Crippen LogP contribution >= 0.6 is 11.5 Å². The number of hydrogen-bond donors (Lipinski definition) is 0. The van der Waals surface area contributed by atoms with E-state index in [1.807, 2.05) is 6.07 Å². The summed E-state index contributed by atoms with van der Waals surface area (Å²) < 4.78 is 9.30. The summed E-state index contributed by atoms with van der Waals surface area (Å²) in [6.07, 6.45) is 1.78. The molecule has 5 heteroatoms. The Balaban J connectivity index is 1.79. The lowest BCUT2D eigenvalue weighted by Crippen LogP contribution is -2.37. The van der Waals surface area contributed by atoms with Gasteiger partial charge in [-0.1, -0.05) is 0 Å². The average Bonchev–Trinajstić information content (AvgIpc) is 2.76. The van der Waals surface area contributed by atoms with Gasteiger partial charge in [0.2, 0.25) is 0 Å². The summed E-state index contributed by atoms with van der Waals surface area (Å²) >= 11 is 1.42. The van der Waals surface area contributed by atoms with Crippen molar-refractivity contribution in [3.05, 3.63) is 16.6 Å². The Hall–Kier alpha value is -0.780. The van der Waals surface area contributed by atoms with E-state index in [1.165, 1.54) is 16.4 Å². The van der Waals surface area contributed by atoms with Crippen LogP contribution in [0.5, 0.6) is 0 Å². The number of rotatable bonds is 4. The van der Waals surface area contributed by atoms with Gasteiger partial charge in [0, 0.05) is 24.5 Å². The first kappa shape index (κ1) is 10.7. The van der Waals surface area contributed by atoms with Gasteiger partial charge in [-0.25, -0.2) is 0 Å². The lowest BCUT2D eigenvalue weighted by atomic mass is 10.3. The summed E-state index contributed by atoms with van der Waals surface area (Å²) in [5.74, 6) is 0. The molecule has 0 spiro atoms. The van der Waals surface area contributed by atoms with E-state index in [0.717, 1.165) is 45.6 Å². The molecule has 2 heterocycles. The molecule has 1 aromatic rings. The van der Waals surface area contributed by atoms with Gasteiger partial charge in [0.25, 0.3) is 0 Å². The van der Waals surface area contributed by atoms with Crippen molar-refractivity contribution in [2.24, 2.45) is 0 Å². The lowest BCUT2D eigenvalue weighted by Gasteiger charge is -2.26. The van der Waals surface area contributed by atoms with Crippen LogP contribution < -0.4 is 0 Å². The minimum Gasteiger partial charge on any atom is -0.379 e. The fourth-order valence-electron chi connectivity index (χ4n) is 1.60. The highest BCUT2D eigenvalue weighted by Crippen LogP contribution is 2.10. The van der Waals surface area contributed by atoms with Crippen LogP contribution in [0.15, 0.2) is 6.07 Å². The van der Waals surface area contributed by atoms with Crippen molar-refractivity contribution < 1.29 is 9.53 Å². The number of carbonyl (C=O) groups excluding carboxylic acids is 1. The molecule has 0 radical (unpaired) electrons. The molecule has 0 aromatic carbocycles. The average molecular weight is 226 g/mol. The van der Waals surface area contributed by atoms with E-state index in [4.69, 9.17) is 4.74 Å². The summed E-state index contributed by atoms with van der Waals surface area (Å²) in [5, 5.41) is 0. The first-order chi connectivity index (χ1) is 7.38.